The molecule has 0 aromatic carbocycles. The Morgan fingerprint density at radius 1 is 1.38 bits per heavy atom. The molecule has 21 heavy (non-hydrogen) atoms. The Bertz CT molecular complexity index is 509. The minimum atomic E-state index is -0.915. The molecule has 0 spiro atoms. The zero-order valence-electron chi connectivity index (χ0n) is 12.0. The molecule has 1 aromatic rings. The van der Waals surface area contributed by atoms with Gasteiger partial charge in [0.15, 0.2) is 0 Å². The molecule has 6 nitrogen and oxygen atoms in total. The molecule has 0 saturated carbocycles. The van der Waals surface area contributed by atoms with Gasteiger partial charge in [-0.15, -0.1) is 0 Å². The van der Waals surface area contributed by atoms with Crippen LogP contribution in [0.2, 0.25) is 0 Å². The zero-order valence-corrected chi connectivity index (χ0v) is 12.0. The highest BCUT2D eigenvalue weighted by Crippen LogP contribution is 2.25. The van der Waals surface area contributed by atoms with Crippen LogP contribution in [-0.4, -0.2) is 48.9 Å². The normalized spacial score (nSPS) is 23.0. The molecule has 1 aromatic heterocycles. The first-order valence-electron chi connectivity index (χ1n) is 7.55. The summed E-state index contributed by atoms with van der Waals surface area (Å²) in [6.07, 6.45) is 5.18. The fourth-order valence-corrected chi connectivity index (χ4v) is 2.96. The molecule has 3 heterocycles. The van der Waals surface area contributed by atoms with Crippen molar-refractivity contribution in [2.24, 2.45) is 0 Å². The van der Waals surface area contributed by atoms with Gasteiger partial charge in [0.2, 0.25) is 0 Å². The molecule has 0 radical (unpaired) electrons. The summed E-state index contributed by atoms with van der Waals surface area (Å²) >= 11 is 0. The average Bonchev–Trinajstić information content (AvgIpc) is 2.56. The summed E-state index contributed by atoms with van der Waals surface area (Å²) in [5.74, 6) is -0.315. The Hall–Kier alpha value is -1.66. The summed E-state index contributed by atoms with van der Waals surface area (Å²) in [6, 6.07) is 1.77. The fourth-order valence-electron chi connectivity index (χ4n) is 2.96. The molecule has 2 aliphatic rings. The van der Waals surface area contributed by atoms with Gasteiger partial charge in [-0.1, -0.05) is 0 Å². The number of rotatable bonds is 3. The van der Waals surface area contributed by atoms with Crippen LogP contribution in [0.1, 0.15) is 41.2 Å². The van der Waals surface area contributed by atoms with E-state index in [9.17, 15) is 9.90 Å². The molecule has 0 unspecified atom stereocenters. The van der Waals surface area contributed by atoms with Crippen molar-refractivity contribution in [2.45, 2.75) is 25.3 Å². The quantitative estimate of drug-likeness (QED) is 0.877. The lowest BCUT2D eigenvalue weighted by Gasteiger charge is -2.30. The molecule has 2 saturated heterocycles. The predicted molar refractivity (Wildman–Crippen MR) is 78.8 cm³/mol. The molecular weight excluding hydrogens is 270 g/mol. The number of piperidine rings is 1. The Kier molecular flexibility index (Phi) is 4.36. The molecule has 2 N–H and O–H groups in total. The number of nitrogens with one attached hydrogen (secondary N) is 1. The molecule has 0 aliphatic carbocycles. The Labute approximate surface area is 124 Å². The first-order valence-corrected chi connectivity index (χ1v) is 7.55. The third-order valence-electron chi connectivity index (χ3n) is 4.10. The van der Waals surface area contributed by atoms with Crippen LogP contribution >= 0.6 is 0 Å². The number of aromatic carboxylic acids is 1. The lowest BCUT2D eigenvalue weighted by molar-refractivity contribution is 0.0693. The number of carboxylic acids is 1. The van der Waals surface area contributed by atoms with E-state index >= 15 is 0 Å². The van der Waals surface area contributed by atoms with Gasteiger partial charge in [0, 0.05) is 25.8 Å². The molecule has 114 valence electrons. The smallest absolute Gasteiger partial charge is 0.339 e. The van der Waals surface area contributed by atoms with Gasteiger partial charge in [0.05, 0.1) is 19.3 Å². The van der Waals surface area contributed by atoms with Crippen molar-refractivity contribution in [1.29, 1.82) is 0 Å². The van der Waals surface area contributed by atoms with Gasteiger partial charge < -0.3 is 20.1 Å². The predicted octanol–water partition coefficient (Wildman–Crippen LogP) is 1.43. The van der Waals surface area contributed by atoms with Gasteiger partial charge >= 0.3 is 5.97 Å². The van der Waals surface area contributed by atoms with E-state index < -0.39 is 5.97 Å². The molecule has 2 fully saturated rings. The third-order valence-corrected chi connectivity index (χ3v) is 4.10. The summed E-state index contributed by atoms with van der Waals surface area (Å²) in [4.78, 5) is 18.1. The van der Waals surface area contributed by atoms with Crippen LogP contribution in [0.5, 0.6) is 0 Å². The minimum absolute atomic E-state index is 0.0276. The highest BCUT2D eigenvalue weighted by Gasteiger charge is 2.23. The van der Waals surface area contributed by atoms with Crippen LogP contribution in [-0.2, 0) is 4.74 Å². The number of pyridine rings is 1. The van der Waals surface area contributed by atoms with Crippen molar-refractivity contribution in [3.05, 3.63) is 23.4 Å². The van der Waals surface area contributed by atoms with E-state index in [1.807, 2.05) is 0 Å². The van der Waals surface area contributed by atoms with E-state index in [-0.39, 0.29) is 6.04 Å². The Balaban J connectivity index is 1.88. The van der Waals surface area contributed by atoms with Gasteiger partial charge in [-0.25, -0.2) is 9.78 Å². The maximum atomic E-state index is 11.6. The molecular formula is C15H21N3O3. The molecule has 3 rings (SSSR count). The lowest BCUT2D eigenvalue weighted by atomic mass is 10.0. The van der Waals surface area contributed by atoms with Crippen LogP contribution in [0.15, 0.2) is 12.3 Å². The van der Waals surface area contributed by atoms with E-state index in [1.165, 1.54) is 6.42 Å². The second-order valence-corrected chi connectivity index (χ2v) is 5.57. The summed E-state index contributed by atoms with van der Waals surface area (Å²) in [6.45, 7) is 3.81. The number of hydrogen-bond acceptors (Lipinski definition) is 5. The van der Waals surface area contributed by atoms with E-state index in [2.05, 4.69) is 15.2 Å². The first kappa shape index (κ1) is 14.3. The topological polar surface area (TPSA) is 74.7 Å². The van der Waals surface area contributed by atoms with Crippen molar-refractivity contribution in [1.82, 2.24) is 10.3 Å². The van der Waals surface area contributed by atoms with Crippen LogP contribution in [0.3, 0.4) is 0 Å². The standard InChI is InChI=1S/C15H21N3O3/c19-15(20)12-8-11(13-10-21-7-4-16-13)9-17-14(12)18-5-2-1-3-6-18/h8-9,13,16H,1-7,10H2,(H,19,20)/t13-/m1/s1. The Morgan fingerprint density at radius 3 is 2.86 bits per heavy atom. The van der Waals surface area contributed by atoms with Crippen molar-refractivity contribution >= 4 is 11.8 Å². The van der Waals surface area contributed by atoms with E-state index in [0.717, 1.165) is 38.0 Å². The summed E-state index contributed by atoms with van der Waals surface area (Å²) in [5, 5.41) is 12.8. The third kappa shape index (κ3) is 3.16. The van der Waals surface area contributed by atoms with Gasteiger partial charge in [0.1, 0.15) is 11.4 Å². The largest absolute Gasteiger partial charge is 0.478 e. The summed E-state index contributed by atoms with van der Waals surface area (Å²) in [7, 11) is 0. The minimum Gasteiger partial charge on any atom is -0.478 e. The lowest BCUT2D eigenvalue weighted by Crippen LogP contribution is -2.35. The Morgan fingerprint density at radius 2 is 2.19 bits per heavy atom. The number of anilines is 1. The number of nitrogens with zero attached hydrogens (tertiary/aromatic N) is 2. The van der Waals surface area contributed by atoms with Gasteiger partial charge in [-0.3, -0.25) is 0 Å². The van der Waals surface area contributed by atoms with Gasteiger partial charge in [-0.05, 0) is 30.9 Å². The van der Waals surface area contributed by atoms with Crippen molar-refractivity contribution in [2.75, 3.05) is 37.7 Å². The average molecular weight is 291 g/mol. The van der Waals surface area contributed by atoms with Gasteiger partial charge in [0.25, 0.3) is 0 Å². The maximum absolute atomic E-state index is 11.6. The van der Waals surface area contributed by atoms with Crippen molar-refractivity contribution < 1.29 is 14.6 Å². The summed E-state index contributed by atoms with van der Waals surface area (Å²) in [5.41, 5.74) is 1.18. The molecule has 0 amide bonds. The zero-order chi connectivity index (χ0) is 14.7. The highest BCUT2D eigenvalue weighted by atomic mass is 16.5. The van der Waals surface area contributed by atoms with Crippen LogP contribution < -0.4 is 10.2 Å². The number of aromatic nitrogens is 1. The SMILES string of the molecule is O=C(O)c1cc([C@H]2COCCN2)cnc1N1CCCCC1. The van der Waals surface area contributed by atoms with Gasteiger partial charge in [-0.2, -0.15) is 0 Å². The first-order chi connectivity index (χ1) is 10.3. The number of morpholine rings is 1. The number of carboxylic acid groups (broad SMARTS) is 1. The van der Waals surface area contributed by atoms with Crippen LogP contribution in [0, 0.1) is 0 Å². The number of ether oxygens (including phenoxy) is 1. The van der Waals surface area contributed by atoms with E-state index in [0.29, 0.717) is 24.6 Å². The highest BCUT2D eigenvalue weighted by molar-refractivity contribution is 5.93. The van der Waals surface area contributed by atoms with E-state index in [4.69, 9.17) is 4.74 Å². The second kappa shape index (κ2) is 6.41. The molecule has 1 atom stereocenters. The van der Waals surface area contributed by atoms with Crippen LogP contribution in [0.4, 0.5) is 5.82 Å². The maximum Gasteiger partial charge on any atom is 0.339 e. The van der Waals surface area contributed by atoms with Crippen molar-refractivity contribution in [3.63, 3.8) is 0 Å². The number of hydrogen-bond donors (Lipinski definition) is 2. The second-order valence-electron chi connectivity index (χ2n) is 5.57. The molecule has 2 aliphatic heterocycles. The van der Waals surface area contributed by atoms with Crippen LogP contribution in [0.25, 0.3) is 0 Å². The molecule has 0 bridgehead atoms. The fraction of sp³-hybridized carbons (Fsp3) is 0.600. The monoisotopic (exact) mass is 291 g/mol. The van der Waals surface area contributed by atoms with Crippen molar-refractivity contribution in [3.8, 4) is 0 Å². The van der Waals surface area contributed by atoms with E-state index in [1.54, 1.807) is 12.3 Å². The summed E-state index contributed by atoms with van der Waals surface area (Å²) < 4.78 is 5.44. The molecule has 6 heteroatoms. The number of carbonyl (C=O) groups is 1.